The van der Waals surface area contributed by atoms with E-state index < -0.39 is 11.2 Å². The number of rotatable bonds is 6. The molecular weight excluding hydrogens is 348 g/mol. The molecule has 0 fully saturated rings. The van der Waals surface area contributed by atoms with Gasteiger partial charge in [0.15, 0.2) is 5.76 Å². The van der Waals surface area contributed by atoms with Crippen molar-refractivity contribution in [2.45, 2.75) is 17.4 Å². The van der Waals surface area contributed by atoms with E-state index in [1.807, 2.05) is 73.6 Å². The van der Waals surface area contributed by atoms with Crippen LogP contribution in [0.15, 0.2) is 64.2 Å². The highest BCUT2D eigenvalue weighted by molar-refractivity contribution is 8.00. The molecule has 5 nitrogen and oxygen atoms in total. The second kappa shape index (κ2) is 7.66. The predicted octanol–water partition coefficient (Wildman–Crippen LogP) is 4.64. The summed E-state index contributed by atoms with van der Waals surface area (Å²) in [5, 5.41) is 8.86. The van der Waals surface area contributed by atoms with Crippen LogP contribution in [0, 0.1) is 0 Å². The standard InChI is InChI=1S/C20H20N2O3S/c1-13(19(23)24)26-20-21-17(14-7-5-4-6-8-14)18(25-20)15-9-11-16(12-10-15)22(2)3/h4-13H,1-3H3,(H,23,24). The van der Waals surface area contributed by atoms with Crippen molar-refractivity contribution >= 4 is 23.4 Å². The average Bonchev–Trinajstić information content (AvgIpc) is 3.06. The second-order valence-corrected chi connectivity index (χ2v) is 7.36. The highest BCUT2D eigenvalue weighted by Gasteiger charge is 2.21. The fraction of sp³-hybridized carbons (Fsp3) is 0.200. The van der Waals surface area contributed by atoms with Crippen molar-refractivity contribution in [1.82, 2.24) is 4.98 Å². The van der Waals surface area contributed by atoms with E-state index in [2.05, 4.69) is 4.98 Å². The summed E-state index contributed by atoms with van der Waals surface area (Å²) in [6, 6.07) is 17.7. The first-order valence-electron chi connectivity index (χ1n) is 8.19. The van der Waals surface area contributed by atoms with Crippen LogP contribution in [0.2, 0.25) is 0 Å². The maximum Gasteiger partial charge on any atom is 0.316 e. The van der Waals surface area contributed by atoms with Crippen LogP contribution in [0.25, 0.3) is 22.6 Å². The van der Waals surface area contributed by atoms with Gasteiger partial charge in [-0.3, -0.25) is 4.79 Å². The third-order valence-corrected chi connectivity index (χ3v) is 4.86. The molecule has 1 unspecified atom stereocenters. The minimum absolute atomic E-state index is 0.352. The summed E-state index contributed by atoms with van der Waals surface area (Å²) in [7, 11) is 3.97. The van der Waals surface area contributed by atoms with E-state index >= 15 is 0 Å². The highest BCUT2D eigenvalue weighted by Crippen LogP contribution is 2.37. The fourth-order valence-electron chi connectivity index (χ4n) is 2.45. The largest absolute Gasteiger partial charge is 0.480 e. The molecule has 0 aliphatic carbocycles. The number of hydrogen-bond donors (Lipinski definition) is 1. The highest BCUT2D eigenvalue weighted by atomic mass is 32.2. The van der Waals surface area contributed by atoms with Crippen molar-refractivity contribution in [2.24, 2.45) is 0 Å². The third kappa shape index (κ3) is 3.91. The molecule has 1 N–H and O–H groups in total. The number of benzene rings is 2. The predicted molar refractivity (Wildman–Crippen MR) is 105 cm³/mol. The Morgan fingerprint density at radius 1 is 1.08 bits per heavy atom. The summed E-state index contributed by atoms with van der Waals surface area (Å²) < 4.78 is 5.95. The Morgan fingerprint density at radius 3 is 2.31 bits per heavy atom. The summed E-state index contributed by atoms with van der Waals surface area (Å²) in [5.74, 6) is -0.257. The van der Waals surface area contributed by atoms with E-state index in [0.717, 1.165) is 28.6 Å². The number of oxazole rings is 1. The van der Waals surface area contributed by atoms with Gasteiger partial charge in [-0.05, 0) is 31.2 Å². The molecule has 0 bridgehead atoms. The van der Waals surface area contributed by atoms with Crippen molar-refractivity contribution in [3.05, 3.63) is 54.6 Å². The number of carbonyl (C=O) groups is 1. The van der Waals surface area contributed by atoms with E-state index in [0.29, 0.717) is 16.7 Å². The summed E-state index contributed by atoms with van der Waals surface area (Å²) in [5.41, 5.74) is 3.63. The van der Waals surface area contributed by atoms with Gasteiger partial charge in [0.2, 0.25) is 0 Å². The maximum atomic E-state index is 11.1. The van der Waals surface area contributed by atoms with Crippen LogP contribution < -0.4 is 4.90 Å². The van der Waals surface area contributed by atoms with Gasteiger partial charge in [0, 0.05) is 30.9 Å². The van der Waals surface area contributed by atoms with E-state index in [1.54, 1.807) is 6.92 Å². The number of anilines is 1. The zero-order valence-corrected chi connectivity index (χ0v) is 15.7. The smallest absolute Gasteiger partial charge is 0.316 e. The van der Waals surface area contributed by atoms with Crippen LogP contribution in [-0.4, -0.2) is 35.4 Å². The molecule has 0 amide bonds. The molecule has 0 saturated heterocycles. The molecule has 6 heteroatoms. The molecular formula is C20H20N2O3S. The Morgan fingerprint density at radius 2 is 1.73 bits per heavy atom. The Labute approximate surface area is 156 Å². The lowest BCUT2D eigenvalue weighted by Gasteiger charge is -2.12. The number of hydrogen-bond acceptors (Lipinski definition) is 5. The molecule has 1 heterocycles. The number of thioether (sulfide) groups is 1. The quantitative estimate of drug-likeness (QED) is 0.639. The number of carboxylic acid groups (broad SMARTS) is 1. The molecule has 0 saturated carbocycles. The first kappa shape index (κ1) is 18.1. The van der Waals surface area contributed by atoms with Crippen LogP contribution in [-0.2, 0) is 4.79 Å². The zero-order chi connectivity index (χ0) is 18.7. The lowest BCUT2D eigenvalue weighted by Crippen LogP contribution is -2.10. The zero-order valence-electron chi connectivity index (χ0n) is 14.8. The SMILES string of the molecule is CC(Sc1nc(-c2ccccc2)c(-c2ccc(N(C)C)cc2)o1)C(=O)O. The summed E-state index contributed by atoms with van der Waals surface area (Å²) in [6.45, 7) is 1.62. The van der Waals surface area contributed by atoms with Crippen LogP contribution in [0.1, 0.15) is 6.92 Å². The summed E-state index contributed by atoms with van der Waals surface area (Å²) in [6.07, 6.45) is 0. The van der Waals surface area contributed by atoms with Crippen LogP contribution in [0.3, 0.4) is 0 Å². The van der Waals surface area contributed by atoms with E-state index in [4.69, 9.17) is 9.52 Å². The van der Waals surface area contributed by atoms with E-state index in [9.17, 15) is 4.79 Å². The minimum Gasteiger partial charge on any atom is -0.480 e. The average molecular weight is 368 g/mol. The van der Waals surface area contributed by atoms with Crippen molar-refractivity contribution in [1.29, 1.82) is 0 Å². The van der Waals surface area contributed by atoms with Crippen molar-refractivity contribution in [3.8, 4) is 22.6 Å². The Balaban J connectivity index is 2.04. The van der Waals surface area contributed by atoms with Gasteiger partial charge in [-0.1, -0.05) is 42.1 Å². The summed E-state index contributed by atoms with van der Waals surface area (Å²) >= 11 is 1.10. The van der Waals surface area contributed by atoms with E-state index in [-0.39, 0.29) is 0 Å². The molecule has 134 valence electrons. The van der Waals surface area contributed by atoms with Crippen molar-refractivity contribution < 1.29 is 14.3 Å². The molecule has 0 aliphatic rings. The fourth-order valence-corrected chi connectivity index (χ4v) is 3.13. The Bertz CT molecular complexity index is 889. The summed E-state index contributed by atoms with van der Waals surface area (Å²) in [4.78, 5) is 17.7. The van der Waals surface area contributed by atoms with Crippen LogP contribution >= 0.6 is 11.8 Å². The molecule has 3 rings (SSSR count). The monoisotopic (exact) mass is 368 g/mol. The van der Waals surface area contributed by atoms with Gasteiger partial charge in [0.25, 0.3) is 5.22 Å². The van der Waals surface area contributed by atoms with Crippen molar-refractivity contribution in [3.63, 3.8) is 0 Å². The maximum absolute atomic E-state index is 11.1. The Hall–Kier alpha value is -2.73. The topological polar surface area (TPSA) is 66.6 Å². The van der Waals surface area contributed by atoms with Crippen molar-refractivity contribution in [2.75, 3.05) is 19.0 Å². The van der Waals surface area contributed by atoms with Gasteiger partial charge in [-0.25, -0.2) is 4.98 Å². The number of carboxylic acids is 1. The molecule has 1 aromatic heterocycles. The van der Waals surface area contributed by atoms with Gasteiger partial charge in [0.1, 0.15) is 10.9 Å². The molecule has 0 radical (unpaired) electrons. The van der Waals surface area contributed by atoms with Gasteiger partial charge in [-0.2, -0.15) is 0 Å². The lowest BCUT2D eigenvalue weighted by atomic mass is 10.1. The van der Waals surface area contributed by atoms with Gasteiger partial charge in [-0.15, -0.1) is 0 Å². The van der Waals surface area contributed by atoms with Crippen LogP contribution in [0.4, 0.5) is 5.69 Å². The molecule has 1 atom stereocenters. The normalized spacial score (nSPS) is 12.0. The second-order valence-electron chi connectivity index (χ2n) is 6.06. The van der Waals surface area contributed by atoms with Gasteiger partial charge < -0.3 is 14.4 Å². The molecule has 26 heavy (non-hydrogen) atoms. The minimum atomic E-state index is -0.897. The first-order valence-corrected chi connectivity index (χ1v) is 9.07. The van der Waals surface area contributed by atoms with E-state index in [1.165, 1.54) is 0 Å². The molecule has 2 aromatic carbocycles. The van der Waals surface area contributed by atoms with Gasteiger partial charge in [0.05, 0.1) is 0 Å². The first-order chi connectivity index (χ1) is 12.5. The third-order valence-electron chi connectivity index (χ3n) is 3.93. The molecule has 3 aromatic rings. The molecule has 0 aliphatic heterocycles. The molecule has 0 spiro atoms. The number of aromatic nitrogens is 1. The Kier molecular flexibility index (Phi) is 5.32. The lowest BCUT2D eigenvalue weighted by molar-refractivity contribution is -0.136. The van der Waals surface area contributed by atoms with Gasteiger partial charge >= 0.3 is 5.97 Å². The van der Waals surface area contributed by atoms with Crippen LogP contribution in [0.5, 0.6) is 0 Å². The number of nitrogens with zero attached hydrogens (tertiary/aromatic N) is 2. The number of aliphatic carboxylic acids is 1.